The predicted octanol–water partition coefficient (Wildman–Crippen LogP) is 2.30. The third-order valence-electron chi connectivity index (χ3n) is 5.01. The van der Waals surface area contributed by atoms with E-state index < -0.39 is 0 Å². The van der Waals surface area contributed by atoms with Crippen LogP contribution in [0.2, 0.25) is 0 Å². The highest BCUT2D eigenvalue weighted by Gasteiger charge is 2.35. The summed E-state index contributed by atoms with van der Waals surface area (Å²) in [5.41, 5.74) is 2.68. The lowest BCUT2D eigenvalue weighted by Crippen LogP contribution is -2.30. The first-order valence-corrected chi connectivity index (χ1v) is 8.95. The fraction of sp³-hybridized carbons (Fsp3) is 0.0952. The lowest BCUT2D eigenvalue weighted by atomic mass is 10.0. The Morgan fingerprint density at radius 2 is 1.69 bits per heavy atom. The number of aromatic nitrogens is 3. The maximum Gasteiger partial charge on any atom is 0.272 e. The van der Waals surface area contributed by atoms with Crippen LogP contribution in [0.15, 0.2) is 64.2 Å². The fourth-order valence-corrected chi connectivity index (χ4v) is 3.58. The molecule has 0 saturated carbocycles. The van der Waals surface area contributed by atoms with E-state index in [0.29, 0.717) is 34.0 Å². The van der Waals surface area contributed by atoms with E-state index in [-0.39, 0.29) is 23.9 Å². The van der Waals surface area contributed by atoms with Gasteiger partial charge in [0.25, 0.3) is 17.4 Å². The van der Waals surface area contributed by atoms with Crippen LogP contribution in [-0.4, -0.2) is 32.1 Å². The lowest BCUT2D eigenvalue weighted by Gasteiger charge is -2.14. The van der Waals surface area contributed by atoms with Crippen LogP contribution in [0.5, 0.6) is 0 Å². The number of hydrogen-bond acceptors (Lipinski definition) is 6. The highest BCUT2D eigenvalue weighted by atomic mass is 16.5. The molecule has 0 fully saturated rings. The summed E-state index contributed by atoms with van der Waals surface area (Å²) in [6.07, 6.45) is 3.75. The molecule has 5 rings (SSSR count). The molecule has 0 spiro atoms. The van der Waals surface area contributed by atoms with Crippen molar-refractivity contribution in [2.24, 2.45) is 0 Å². The summed E-state index contributed by atoms with van der Waals surface area (Å²) in [6.45, 7) is -0.0314. The number of fused-ring (bicyclic) bond motifs is 2. The van der Waals surface area contributed by atoms with E-state index in [2.05, 4.69) is 15.4 Å². The first kappa shape index (κ1) is 17.1. The third kappa shape index (κ3) is 2.82. The number of aromatic amines is 1. The van der Waals surface area contributed by atoms with Crippen molar-refractivity contribution < 1.29 is 14.1 Å². The number of imide groups is 1. The molecule has 1 aliphatic rings. The van der Waals surface area contributed by atoms with E-state index in [9.17, 15) is 14.4 Å². The molecule has 3 heterocycles. The molecule has 1 aliphatic heterocycles. The Morgan fingerprint density at radius 3 is 2.38 bits per heavy atom. The minimum atomic E-state index is -0.368. The number of rotatable bonds is 4. The van der Waals surface area contributed by atoms with Crippen LogP contribution < -0.4 is 5.56 Å². The number of amides is 2. The normalized spacial score (nSPS) is 13.3. The molecule has 2 aromatic carbocycles. The topological polar surface area (TPSA) is 109 Å². The van der Waals surface area contributed by atoms with Crippen molar-refractivity contribution in [3.8, 4) is 0 Å². The average molecular weight is 386 g/mol. The molecule has 0 aliphatic carbocycles. The van der Waals surface area contributed by atoms with Gasteiger partial charge >= 0.3 is 0 Å². The van der Waals surface area contributed by atoms with Gasteiger partial charge in [0.15, 0.2) is 0 Å². The van der Waals surface area contributed by atoms with Crippen molar-refractivity contribution >= 4 is 22.6 Å². The van der Waals surface area contributed by atoms with Crippen molar-refractivity contribution in [2.45, 2.75) is 13.0 Å². The number of carbonyl (C=O) groups excluding carboxylic acids is 2. The largest absolute Gasteiger partial charge is 0.364 e. The quantitative estimate of drug-likeness (QED) is 0.539. The summed E-state index contributed by atoms with van der Waals surface area (Å²) in [7, 11) is 0. The van der Waals surface area contributed by atoms with E-state index in [1.165, 1.54) is 0 Å². The molecule has 8 nitrogen and oxygen atoms in total. The van der Waals surface area contributed by atoms with Gasteiger partial charge in [0.05, 0.1) is 34.9 Å². The highest BCUT2D eigenvalue weighted by molar-refractivity contribution is 6.21. The van der Waals surface area contributed by atoms with Crippen molar-refractivity contribution in [3.63, 3.8) is 0 Å². The zero-order valence-corrected chi connectivity index (χ0v) is 15.1. The number of nitrogens with one attached hydrogen (secondary N) is 1. The summed E-state index contributed by atoms with van der Waals surface area (Å²) in [5, 5.41) is 11.3. The highest BCUT2D eigenvalue weighted by Crippen LogP contribution is 2.26. The number of hydrogen-bond donors (Lipinski definition) is 1. The number of nitrogens with zero attached hydrogens (tertiary/aromatic N) is 3. The first-order valence-electron chi connectivity index (χ1n) is 8.95. The fourth-order valence-electron chi connectivity index (χ4n) is 3.58. The first-order chi connectivity index (χ1) is 14.1. The van der Waals surface area contributed by atoms with Crippen LogP contribution >= 0.6 is 0 Å². The summed E-state index contributed by atoms with van der Waals surface area (Å²) in [4.78, 5) is 38.7. The predicted molar refractivity (Wildman–Crippen MR) is 102 cm³/mol. The van der Waals surface area contributed by atoms with E-state index in [1.807, 2.05) is 12.1 Å². The second kappa shape index (κ2) is 6.52. The van der Waals surface area contributed by atoms with Gasteiger partial charge in [0, 0.05) is 17.4 Å². The smallest absolute Gasteiger partial charge is 0.272 e. The molecule has 8 heteroatoms. The second-order valence-corrected chi connectivity index (χ2v) is 6.83. The molecule has 2 aromatic heterocycles. The maximum absolute atomic E-state index is 12.7. The van der Waals surface area contributed by atoms with Crippen LogP contribution in [0.3, 0.4) is 0 Å². The van der Waals surface area contributed by atoms with Gasteiger partial charge in [-0.15, -0.1) is 0 Å². The maximum atomic E-state index is 12.7. The van der Waals surface area contributed by atoms with Crippen molar-refractivity contribution in [1.82, 2.24) is 20.3 Å². The Labute approximate surface area is 163 Å². The van der Waals surface area contributed by atoms with Crippen LogP contribution in [0.4, 0.5) is 0 Å². The second-order valence-electron chi connectivity index (χ2n) is 6.83. The SMILES string of the molecule is O=C1c2ccccc2C(=O)N1Cc1n[nH]c(=O)c2ccc(Cc3cnoc3)cc12. The van der Waals surface area contributed by atoms with E-state index >= 15 is 0 Å². The van der Waals surface area contributed by atoms with Gasteiger partial charge in [-0.25, -0.2) is 5.10 Å². The Balaban J connectivity index is 1.55. The molecular formula is C21H14N4O4. The van der Waals surface area contributed by atoms with E-state index in [4.69, 9.17) is 4.52 Å². The zero-order chi connectivity index (χ0) is 20.0. The molecular weight excluding hydrogens is 372 g/mol. The molecule has 0 saturated heterocycles. The van der Waals surface area contributed by atoms with Gasteiger partial charge in [-0.1, -0.05) is 23.4 Å². The van der Waals surface area contributed by atoms with Gasteiger partial charge in [0.1, 0.15) is 6.26 Å². The van der Waals surface area contributed by atoms with Crippen molar-refractivity contribution in [2.75, 3.05) is 0 Å². The van der Waals surface area contributed by atoms with Crippen molar-refractivity contribution in [1.29, 1.82) is 0 Å². The average Bonchev–Trinajstić information content (AvgIpc) is 3.33. The standard InChI is InChI=1S/C21H14N4O4/c26-19-14-6-5-12(7-13-9-22-29-11-13)8-17(14)18(23-24-19)10-25-20(27)15-3-1-2-4-16(15)21(25)28/h1-6,8-9,11H,7,10H2,(H,24,26). The molecule has 1 N–H and O–H groups in total. The molecule has 0 atom stereocenters. The molecule has 4 aromatic rings. The number of benzene rings is 2. The Bertz CT molecular complexity index is 1290. The zero-order valence-electron chi connectivity index (χ0n) is 15.1. The van der Waals surface area contributed by atoms with Crippen LogP contribution in [0.25, 0.3) is 10.8 Å². The number of carbonyl (C=O) groups is 2. The third-order valence-corrected chi connectivity index (χ3v) is 5.01. The Hall–Kier alpha value is -4.07. The van der Waals surface area contributed by atoms with Gasteiger partial charge in [-0.05, 0) is 29.8 Å². The minimum absolute atomic E-state index is 0.0314. The monoisotopic (exact) mass is 386 g/mol. The Morgan fingerprint density at radius 1 is 0.931 bits per heavy atom. The van der Waals surface area contributed by atoms with Gasteiger partial charge in [-0.3, -0.25) is 19.3 Å². The molecule has 0 radical (unpaired) electrons. The van der Waals surface area contributed by atoms with Gasteiger partial charge in [-0.2, -0.15) is 5.10 Å². The number of H-pyrrole nitrogens is 1. The summed E-state index contributed by atoms with van der Waals surface area (Å²) in [5.74, 6) is -0.736. The summed E-state index contributed by atoms with van der Waals surface area (Å²) < 4.78 is 4.86. The molecule has 0 unspecified atom stereocenters. The van der Waals surface area contributed by atoms with E-state index in [1.54, 1.807) is 42.8 Å². The van der Waals surface area contributed by atoms with E-state index in [0.717, 1.165) is 16.0 Å². The summed E-state index contributed by atoms with van der Waals surface area (Å²) >= 11 is 0. The van der Waals surface area contributed by atoms with Crippen LogP contribution in [0.1, 0.15) is 37.5 Å². The van der Waals surface area contributed by atoms with Crippen LogP contribution in [0, 0.1) is 0 Å². The Kier molecular flexibility index (Phi) is 3.83. The molecule has 29 heavy (non-hydrogen) atoms. The molecule has 0 bridgehead atoms. The minimum Gasteiger partial charge on any atom is -0.364 e. The van der Waals surface area contributed by atoms with Crippen molar-refractivity contribution in [3.05, 3.63) is 93.2 Å². The summed E-state index contributed by atoms with van der Waals surface area (Å²) in [6, 6.07) is 12.1. The van der Waals surface area contributed by atoms with Gasteiger partial charge < -0.3 is 4.52 Å². The van der Waals surface area contributed by atoms with Crippen LogP contribution in [-0.2, 0) is 13.0 Å². The van der Waals surface area contributed by atoms with Gasteiger partial charge in [0.2, 0.25) is 0 Å². The lowest BCUT2D eigenvalue weighted by molar-refractivity contribution is 0.0641. The molecule has 142 valence electrons. The molecule has 2 amide bonds.